The van der Waals surface area contributed by atoms with E-state index in [4.69, 9.17) is 0 Å². The number of carbonyl (C=O) groups is 1. The molecule has 1 heteroatoms. The first-order chi connectivity index (χ1) is 6.88. The molecule has 0 aromatic heterocycles. The second kappa shape index (κ2) is 4.05. The molecule has 1 aromatic carbocycles. The van der Waals surface area contributed by atoms with Gasteiger partial charge in [-0.25, -0.2) is 0 Å². The Bertz CT molecular complexity index is 373. The van der Waals surface area contributed by atoms with Gasteiger partial charge >= 0.3 is 0 Å². The maximum absolute atomic E-state index is 11.9. The number of allylic oxidation sites excluding steroid dienone is 4. The lowest BCUT2D eigenvalue weighted by Gasteiger charge is -2.11. The molecule has 1 aliphatic carbocycles. The number of rotatable bonds is 2. The van der Waals surface area contributed by atoms with Crippen LogP contribution in [0.5, 0.6) is 0 Å². The Kier molecular flexibility index (Phi) is 2.59. The fourth-order valence-corrected chi connectivity index (χ4v) is 1.59. The van der Waals surface area contributed by atoms with Crippen LogP contribution in [-0.4, -0.2) is 5.78 Å². The second-order valence-electron chi connectivity index (χ2n) is 3.39. The van der Waals surface area contributed by atoms with E-state index in [0.717, 1.165) is 12.0 Å². The van der Waals surface area contributed by atoms with E-state index in [1.165, 1.54) is 0 Å². The third-order valence-electron chi connectivity index (χ3n) is 2.38. The van der Waals surface area contributed by atoms with Gasteiger partial charge in [0.15, 0.2) is 5.78 Å². The van der Waals surface area contributed by atoms with Crippen molar-refractivity contribution in [1.82, 2.24) is 0 Å². The van der Waals surface area contributed by atoms with Gasteiger partial charge in [0.2, 0.25) is 0 Å². The highest BCUT2D eigenvalue weighted by atomic mass is 16.1. The SMILES string of the molecule is O=C(c1ccccc1)C1C=CC=CC1. The molecule has 0 bridgehead atoms. The van der Waals surface area contributed by atoms with Crippen molar-refractivity contribution in [1.29, 1.82) is 0 Å². The van der Waals surface area contributed by atoms with Gasteiger partial charge in [0.25, 0.3) is 0 Å². The van der Waals surface area contributed by atoms with Crippen LogP contribution in [0.4, 0.5) is 0 Å². The minimum absolute atomic E-state index is 0.0300. The molecule has 0 saturated carbocycles. The van der Waals surface area contributed by atoms with E-state index in [9.17, 15) is 4.79 Å². The quantitative estimate of drug-likeness (QED) is 0.646. The van der Waals surface area contributed by atoms with Crippen LogP contribution in [0.1, 0.15) is 16.8 Å². The third kappa shape index (κ3) is 1.82. The molecule has 0 amide bonds. The Balaban J connectivity index is 2.17. The van der Waals surface area contributed by atoms with E-state index >= 15 is 0 Å². The Hall–Kier alpha value is -1.63. The van der Waals surface area contributed by atoms with Crippen LogP contribution in [0.15, 0.2) is 54.6 Å². The zero-order chi connectivity index (χ0) is 9.80. The summed E-state index contributed by atoms with van der Waals surface area (Å²) in [7, 11) is 0. The lowest BCUT2D eigenvalue weighted by atomic mass is 9.92. The van der Waals surface area contributed by atoms with Crippen molar-refractivity contribution in [2.24, 2.45) is 5.92 Å². The van der Waals surface area contributed by atoms with E-state index in [1.54, 1.807) is 0 Å². The van der Waals surface area contributed by atoms with E-state index in [2.05, 4.69) is 0 Å². The van der Waals surface area contributed by atoms with Crippen LogP contribution < -0.4 is 0 Å². The molecule has 1 atom stereocenters. The van der Waals surface area contributed by atoms with Gasteiger partial charge in [0.05, 0.1) is 0 Å². The zero-order valence-electron chi connectivity index (χ0n) is 7.89. The fourth-order valence-electron chi connectivity index (χ4n) is 1.59. The summed E-state index contributed by atoms with van der Waals surface area (Å²) in [6.07, 6.45) is 8.74. The van der Waals surface area contributed by atoms with Gasteiger partial charge in [-0.1, -0.05) is 54.6 Å². The molecule has 2 rings (SSSR count). The normalized spacial score (nSPS) is 19.6. The van der Waals surface area contributed by atoms with E-state index in [-0.39, 0.29) is 11.7 Å². The minimum Gasteiger partial charge on any atom is -0.294 e. The third-order valence-corrected chi connectivity index (χ3v) is 2.38. The smallest absolute Gasteiger partial charge is 0.170 e. The van der Waals surface area contributed by atoms with Gasteiger partial charge in [0, 0.05) is 11.5 Å². The van der Waals surface area contributed by atoms with Crippen molar-refractivity contribution in [3.63, 3.8) is 0 Å². The monoisotopic (exact) mass is 184 g/mol. The first-order valence-corrected chi connectivity index (χ1v) is 4.80. The lowest BCUT2D eigenvalue weighted by molar-refractivity contribution is 0.0945. The van der Waals surface area contributed by atoms with Crippen LogP contribution in [0.2, 0.25) is 0 Å². The number of carbonyl (C=O) groups excluding carboxylic acids is 1. The molecule has 0 fully saturated rings. The van der Waals surface area contributed by atoms with Crippen molar-refractivity contribution in [2.45, 2.75) is 6.42 Å². The predicted molar refractivity (Wildman–Crippen MR) is 57.2 cm³/mol. The average molecular weight is 184 g/mol. The van der Waals surface area contributed by atoms with Gasteiger partial charge < -0.3 is 0 Å². The number of benzene rings is 1. The van der Waals surface area contributed by atoms with Crippen LogP contribution in [-0.2, 0) is 0 Å². The number of hydrogen-bond acceptors (Lipinski definition) is 1. The second-order valence-corrected chi connectivity index (χ2v) is 3.39. The number of ketones is 1. The molecule has 0 aliphatic heterocycles. The van der Waals surface area contributed by atoms with Gasteiger partial charge in [-0.05, 0) is 6.42 Å². The molecule has 1 unspecified atom stereocenters. The Morgan fingerprint density at radius 1 is 1.14 bits per heavy atom. The van der Waals surface area contributed by atoms with E-state index in [0.29, 0.717) is 0 Å². The van der Waals surface area contributed by atoms with Crippen LogP contribution in [0.25, 0.3) is 0 Å². The molecular weight excluding hydrogens is 172 g/mol. The molecule has 1 nitrogen and oxygen atoms in total. The maximum atomic E-state index is 11.9. The molecule has 70 valence electrons. The van der Waals surface area contributed by atoms with Crippen LogP contribution in [0, 0.1) is 5.92 Å². The summed E-state index contributed by atoms with van der Waals surface area (Å²) in [6, 6.07) is 9.46. The van der Waals surface area contributed by atoms with Crippen LogP contribution >= 0.6 is 0 Å². The average Bonchev–Trinajstić information content (AvgIpc) is 2.30. The molecular formula is C13H12O. The fraction of sp³-hybridized carbons (Fsp3) is 0.154. The van der Waals surface area contributed by atoms with E-state index in [1.807, 2.05) is 54.6 Å². The molecule has 1 aromatic rings. The highest BCUT2D eigenvalue weighted by Crippen LogP contribution is 2.17. The Labute approximate surface area is 83.8 Å². The van der Waals surface area contributed by atoms with Gasteiger partial charge in [-0.3, -0.25) is 4.79 Å². The summed E-state index contributed by atoms with van der Waals surface area (Å²) in [4.78, 5) is 11.9. The molecule has 0 spiro atoms. The minimum atomic E-state index is 0.0300. The van der Waals surface area contributed by atoms with Crippen molar-refractivity contribution >= 4 is 5.78 Å². The molecule has 0 N–H and O–H groups in total. The van der Waals surface area contributed by atoms with Crippen molar-refractivity contribution in [3.8, 4) is 0 Å². The summed E-state index contributed by atoms with van der Waals surface area (Å²) >= 11 is 0. The lowest BCUT2D eigenvalue weighted by Crippen LogP contribution is -2.12. The maximum Gasteiger partial charge on any atom is 0.170 e. The first kappa shape index (κ1) is 8.95. The largest absolute Gasteiger partial charge is 0.294 e. The molecule has 14 heavy (non-hydrogen) atoms. The Morgan fingerprint density at radius 2 is 1.93 bits per heavy atom. The van der Waals surface area contributed by atoms with Gasteiger partial charge in [-0.15, -0.1) is 0 Å². The first-order valence-electron chi connectivity index (χ1n) is 4.80. The topological polar surface area (TPSA) is 17.1 Å². The highest BCUT2D eigenvalue weighted by Gasteiger charge is 2.16. The van der Waals surface area contributed by atoms with Crippen molar-refractivity contribution < 1.29 is 4.79 Å². The Morgan fingerprint density at radius 3 is 2.57 bits per heavy atom. The van der Waals surface area contributed by atoms with Crippen LogP contribution in [0.3, 0.4) is 0 Å². The summed E-state index contributed by atoms with van der Waals surface area (Å²) < 4.78 is 0. The standard InChI is InChI=1S/C13H12O/c14-13(11-7-3-1-4-8-11)12-9-5-2-6-10-12/h1-9,12H,10H2. The highest BCUT2D eigenvalue weighted by molar-refractivity contribution is 5.99. The molecule has 0 radical (unpaired) electrons. The number of Topliss-reactive ketones (excluding diaryl/α,β-unsaturated/α-hetero) is 1. The summed E-state index contributed by atoms with van der Waals surface area (Å²) in [5.41, 5.74) is 0.803. The number of hydrogen-bond donors (Lipinski definition) is 0. The molecule has 1 aliphatic rings. The predicted octanol–water partition coefficient (Wildman–Crippen LogP) is 3.00. The van der Waals surface area contributed by atoms with Crippen molar-refractivity contribution in [3.05, 3.63) is 60.2 Å². The van der Waals surface area contributed by atoms with E-state index < -0.39 is 0 Å². The summed E-state index contributed by atoms with van der Waals surface area (Å²) in [5, 5.41) is 0. The summed E-state index contributed by atoms with van der Waals surface area (Å²) in [5.74, 6) is 0.244. The molecule has 0 saturated heterocycles. The van der Waals surface area contributed by atoms with Crippen molar-refractivity contribution in [2.75, 3.05) is 0 Å². The zero-order valence-corrected chi connectivity index (χ0v) is 7.89. The van der Waals surface area contributed by atoms with Gasteiger partial charge in [-0.2, -0.15) is 0 Å². The van der Waals surface area contributed by atoms with Gasteiger partial charge in [0.1, 0.15) is 0 Å². The summed E-state index contributed by atoms with van der Waals surface area (Å²) in [6.45, 7) is 0. The molecule has 0 heterocycles.